The van der Waals surface area contributed by atoms with Gasteiger partial charge in [0, 0.05) is 34.9 Å². The van der Waals surface area contributed by atoms with E-state index in [1.807, 2.05) is 37.3 Å². The lowest BCUT2D eigenvalue weighted by Crippen LogP contribution is -2.52. The Bertz CT molecular complexity index is 1110. The first kappa shape index (κ1) is 22.3. The van der Waals surface area contributed by atoms with Gasteiger partial charge in [0.25, 0.3) is 11.8 Å². The van der Waals surface area contributed by atoms with E-state index in [2.05, 4.69) is 10.3 Å². The van der Waals surface area contributed by atoms with Crippen LogP contribution in [0.25, 0.3) is 10.9 Å². The summed E-state index contributed by atoms with van der Waals surface area (Å²) >= 11 is 6.03. The Kier molecular flexibility index (Phi) is 6.50. The fourth-order valence-electron chi connectivity index (χ4n) is 4.07. The highest BCUT2D eigenvalue weighted by Gasteiger charge is 2.37. The number of nitrogens with one attached hydrogen (secondary N) is 2. The SMILES string of the molecule is C[C@@H]1CN(C(=O)[C@H](O)[C@H](Cc2ccccc2)NC(=O)c2cc3cc(Cl)ccc3[nH]2)C[C@@H]1O. The van der Waals surface area contributed by atoms with Crippen LogP contribution in [-0.4, -0.2) is 63.3 Å². The fraction of sp³-hybridized carbons (Fsp3) is 0.333. The van der Waals surface area contributed by atoms with Crippen LogP contribution in [0.4, 0.5) is 0 Å². The first-order chi connectivity index (χ1) is 15.3. The van der Waals surface area contributed by atoms with Crippen LogP contribution in [0.5, 0.6) is 0 Å². The van der Waals surface area contributed by atoms with Crippen molar-refractivity contribution in [2.75, 3.05) is 13.1 Å². The highest BCUT2D eigenvalue weighted by atomic mass is 35.5. The van der Waals surface area contributed by atoms with Crippen molar-refractivity contribution < 1.29 is 19.8 Å². The summed E-state index contributed by atoms with van der Waals surface area (Å²) in [6.07, 6.45) is -1.79. The zero-order chi connectivity index (χ0) is 22.8. The van der Waals surface area contributed by atoms with Crippen molar-refractivity contribution in [3.8, 4) is 0 Å². The second-order valence-electron chi connectivity index (χ2n) is 8.42. The molecule has 4 N–H and O–H groups in total. The van der Waals surface area contributed by atoms with Gasteiger partial charge in [-0.15, -0.1) is 0 Å². The molecule has 0 spiro atoms. The first-order valence-electron chi connectivity index (χ1n) is 10.6. The van der Waals surface area contributed by atoms with Crippen LogP contribution in [-0.2, 0) is 11.2 Å². The predicted octanol–water partition coefficient (Wildman–Crippen LogP) is 2.36. The topological polar surface area (TPSA) is 106 Å². The van der Waals surface area contributed by atoms with E-state index in [-0.39, 0.29) is 18.9 Å². The number of carbonyl (C=O) groups excluding carboxylic acids is 2. The number of β-amino-alcohol motifs (C(OH)–C–C–N with tert-alkyl or cyclic N) is 1. The number of fused-ring (bicyclic) bond motifs is 1. The maximum Gasteiger partial charge on any atom is 0.268 e. The Morgan fingerprint density at radius 1 is 1.19 bits per heavy atom. The lowest BCUT2D eigenvalue weighted by Gasteiger charge is -2.27. The van der Waals surface area contributed by atoms with E-state index in [1.54, 1.807) is 24.3 Å². The Labute approximate surface area is 191 Å². The predicted molar refractivity (Wildman–Crippen MR) is 122 cm³/mol. The largest absolute Gasteiger partial charge is 0.391 e. The molecule has 2 aromatic carbocycles. The molecule has 0 bridgehead atoms. The molecule has 7 nitrogen and oxygen atoms in total. The second-order valence-corrected chi connectivity index (χ2v) is 8.85. The third kappa shape index (κ3) is 4.80. The van der Waals surface area contributed by atoms with E-state index in [0.717, 1.165) is 16.5 Å². The normalized spacial score (nSPS) is 20.3. The summed E-state index contributed by atoms with van der Waals surface area (Å²) in [4.78, 5) is 30.5. The van der Waals surface area contributed by atoms with Gasteiger partial charge in [-0.3, -0.25) is 9.59 Å². The monoisotopic (exact) mass is 455 g/mol. The van der Waals surface area contributed by atoms with E-state index in [9.17, 15) is 19.8 Å². The Morgan fingerprint density at radius 2 is 1.94 bits per heavy atom. The molecule has 0 unspecified atom stereocenters. The Balaban J connectivity index is 1.55. The lowest BCUT2D eigenvalue weighted by atomic mass is 10.00. The molecule has 0 aliphatic carbocycles. The average molecular weight is 456 g/mol. The van der Waals surface area contributed by atoms with E-state index < -0.39 is 30.1 Å². The number of aromatic amines is 1. The molecule has 0 saturated carbocycles. The van der Waals surface area contributed by atoms with Crippen molar-refractivity contribution in [3.63, 3.8) is 0 Å². The summed E-state index contributed by atoms with van der Waals surface area (Å²) in [5.74, 6) is -0.996. The van der Waals surface area contributed by atoms with Crippen molar-refractivity contribution >= 4 is 34.3 Å². The van der Waals surface area contributed by atoms with Crippen molar-refractivity contribution in [3.05, 3.63) is 70.9 Å². The Hall–Kier alpha value is -2.87. The second kappa shape index (κ2) is 9.32. The van der Waals surface area contributed by atoms with E-state index >= 15 is 0 Å². The van der Waals surface area contributed by atoms with Gasteiger partial charge >= 0.3 is 0 Å². The fourth-order valence-corrected chi connectivity index (χ4v) is 4.25. The molecule has 32 heavy (non-hydrogen) atoms. The average Bonchev–Trinajstić information content (AvgIpc) is 3.35. The quantitative estimate of drug-likeness (QED) is 0.458. The summed E-state index contributed by atoms with van der Waals surface area (Å²) in [5.41, 5.74) is 1.95. The number of rotatable bonds is 6. The minimum absolute atomic E-state index is 0.0634. The number of halogens is 1. The third-order valence-electron chi connectivity index (χ3n) is 5.96. The maximum atomic E-state index is 13.0. The number of aromatic nitrogens is 1. The van der Waals surface area contributed by atoms with Gasteiger partial charge in [0.05, 0.1) is 12.1 Å². The third-order valence-corrected chi connectivity index (χ3v) is 6.20. The van der Waals surface area contributed by atoms with Gasteiger partial charge in [0.1, 0.15) is 5.69 Å². The summed E-state index contributed by atoms with van der Waals surface area (Å²) in [6.45, 7) is 2.40. The molecule has 3 aromatic rings. The van der Waals surface area contributed by atoms with Crippen molar-refractivity contribution in [1.82, 2.24) is 15.2 Å². The van der Waals surface area contributed by atoms with Crippen LogP contribution in [0.15, 0.2) is 54.6 Å². The summed E-state index contributed by atoms with van der Waals surface area (Å²) in [5, 5.41) is 25.1. The summed E-state index contributed by atoms with van der Waals surface area (Å²) in [7, 11) is 0. The van der Waals surface area contributed by atoms with Gasteiger partial charge in [-0.1, -0.05) is 48.9 Å². The molecule has 1 aliphatic rings. The number of aliphatic hydroxyl groups is 2. The number of hydrogen-bond acceptors (Lipinski definition) is 4. The number of hydrogen-bond donors (Lipinski definition) is 4. The molecular formula is C24H26ClN3O4. The number of benzene rings is 2. The van der Waals surface area contributed by atoms with Gasteiger partial charge in [-0.2, -0.15) is 0 Å². The zero-order valence-corrected chi connectivity index (χ0v) is 18.4. The van der Waals surface area contributed by atoms with Gasteiger partial charge in [-0.05, 0) is 36.2 Å². The molecule has 1 aliphatic heterocycles. The van der Waals surface area contributed by atoms with Crippen LogP contribution in [0.2, 0.25) is 5.02 Å². The molecule has 168 valence electrons. The molecular weight excluding hydrogens is 430 g/mol. The number of carbonyl (C=O) groups is 2. The number of H-pyrrole nitrogens is 1. The molecule has 0 radical (unpaired) electrons. The van der Waals surface area contributed by atoms with E-state index in [0.29, 0.717) is 17.3 Å². The highest BCUT2D eigenvalue weighted by Crippen LogP contribution is 2.21. The first-order valence-corrected chi connectivity index (χ1v) is 11.0. The molecule has 1 fully saturated rings. The molecule has 2 heterocycles. The van der Waals surface area contributed by atoms with Gasteiger partial charge in [-0.25, -0.2) is 0 Å². The van der Waals surface area contributed by atoms with Gasteiger partial charge in [0.15, 0.2) is 6.10 Å². The smallest absolute Gasteiger partial charge is 0.268 e. The molecule has 4 rings (SSSR count). The number of amides is 2. The maximum absolute atomic E-state index is 13.0. The zero-order valence-electron chi connectivity index (χ0n) is 17.7. The minimum Gasteiger partial charge on any atom is -0.391 e. The highest BCUT2D eigenvalue weighted by molar-refractivity contribution is 6.31. The number of nitrogens with zero attached hydrogens (tertiary/aromatic N) is 1. The summed E-state index contributed by atoms with van der Waals surface area (Å²) in [6, 6.07) is 15.5. The molecule has 1 aromatic heterocycles. The number of likely N-dealkylation sites (tertiary alicyclic amines) is 1. The van der Waals surface area contributed by atoms with Crippen LogP contribution in [0, 0.1) is 5.92 Å². The van der Waals surface area contributed by atoms with Crippen LogP contribution >= 0.6 is 11.6 Å². The van der Waals surface area contributed by atoms with Crippen molar-refractivity contribution in [2.45, 2.75) is 31.6 Å². The molecule has 1 saturated heterocycles. The lowest BCUT2D eigenvalue weighted by molar-refractivity contribution is -0.140. The minimum atomic E-state index is -1.45. The van der Waals surface area contributed by atoms with Gasteiger partial charge in [0.2, 0.25) is 0 Å². The van der Waals surface area contributed by atoms with E-state index in [1.165, 1.54) is 4.90 Å². The summed E-state index contributed by atoms with van der Waals surface area (Å²) < 4.78 is 0. The van der Waals surface area contributed by atoms with Crippen molar-refractivity contribution in [2.24, 2.45) is 5.92 Å². The molecule has 8 heteroatoms. The van der Waals surface area contributed by atoms with Crippen LogP contribution in [0.3, 0.4) is 0 Å². The number of aliphatic hydroxyl groups excluding tert-OH is 2. The molecule has 4 atom stereocenters. The van der Waals surface area contributed by atoms with Crippen LogP contribution in [0.1, 0.15) is 23.0 Å². The molecule has 2 amide bonds. The standard InChI is InChI=1S/C24H26ClN3O4/c1-14-12-28(13-21(14)29)24(32)22(30)19(9-15-5-3-2-4-6-15)27-23(31)20-11-16-10-17(25)7-8-18(16)26-20/h2-8,10-11,14,19,21-22,26,29-30H,9,12-13H2,1H3,(H,27,31)/t14-,19+,21+,22-/m1/s1. The van der Waals surface area contributed by atoms with Crippen molar-refractivity contribution in [1.29, 1.82) is 0 Å². The Morgan fingerprint density at radius 3 is 2.62 bits per heavy atom. The van der Waals surface area contributed by atoms with E-state index in [4.69, 9.17) is 11.6 Å². The van der Waals surface area contributed by atoms with Gasteiger partial charge < -0.3 is 25.4 Å². The van der Waals surface area contributed by atoms with Crippen LogP contribution < -0.4 is 5.32 Å².